The molecule has 1 aliphatic heterocycles. The van der Waals surface area contributed by atoms with E-state index in [0.29, 0.717) is 0 Å². The third kappa shape index (κ3) is 2.75. The highest BCUT2D eigenvalue weighted by molar-refractivity contribution is 7.98. The van der Waals surface area contributed by atoms with E-state index in [1.54, 1.807) is 11.8 Å². The van der Waals surface area contributed by atoms with E-state index >= 15 is 0 Å². The Morgan fingerprint density at radius 1 is 1.30 bits per heavy atom. The van der Waals surface area contributed by atoms with Gasteiger partial charge in [0.2, 0.25) is 0 Å². The Balaban J connectivity index is 1.59. The van der Waals surface area contributed by atoms with Gasteiger partial charge in [-0.3, -0.25) is 4.90 Å². The van der Waals surface area contributed by atoms with Gasteiger partial charge in [-0.25, -0.2) is 9.97 Å². The minimum absolute atomic E-state index is 0.879. The Hall–Kier alpha value is -1.85. The summed E-state index contributed by atoms with van der Waals surface area (Å²) in [5, 5.41) is 2.22. The normalized spacial score (nSPS) is 15.0. The minimum Gasteiger partial charge on any atom is -0.358 e. The molecule has 0 unspecified atom stereocenters. The molecule has 23 heavy (non-hydrogen) atoms. The number of nitrogens with zero attached hydrogens (tertiary/aromatic N) is 3. The van der Waals surface area contributed by atoms with E-state index in [1.165, 1.54) is 33.4 Å². The number of fused-ring (bicyclic) bond motifs is 2. The highest BCUT2D eigenvalue weighted by atomic mass is 32.2. The van der Waals surface area contributed by atoms with Gasteiger partial charge in [0.05, 0.1) is 5.69 Å². The summed E-state index contributed by atoms with van der Waals surface area (Å²) < 4.78 is 0. The number of hydrogen-bond acceptors (Lipinski definition) is 4. The van der Waals surface area contributed by atoms with Crippen molar-refractivity contribution < 1.29 is 0 Å². The zero-order valence-corrected chi connectivity index (χ0v) is 14.3. The van der Waals surface area contributed by atoms with Crippen LogP contribution in [0.15, 0.2) is 35.6 Å². The zero-order chi connectivity index (χ0) is 15.8. The molecule has 0 spiro atoms. The summed E-state index contributed by atoms with van der Waals surface area (Å²) in [4.78, 5) is 15.1. The summed E-state index contributed by atoms with van der Waals surface area (Å²) >= 11 is 1.61. The van der Waals surface area contributed by atoms with Crippen LogP contribution in [0.25, 0.3) is 10.9 Å². The molecule has 0 radical (unpaired) electrons. The van der Waals surface area contributed by atoms with E-state index in [0.717, 1.165) is 31.2 Å². The molecule has 5 heteroatoms. The molecule has 2 aromatic heterocycles. The second-order valence-electron chi connectivity index (χ2n) is 6.06. The van der Waals surface area contributed by atoms with Crippen molar-refractivity contribution in [3.8, 4) is 0 Å². The van der Waals surface area contributed by atoms with Crippen molar-refractivity contribution in [2.24, 2.45) is 0 Å². The van der Waals surface area contributed by atoms with Gasteiger partial charge in [0, 0.05) is 54.4 Å². The fraction of sp³-hybridized carbons (Fsp3) is 0.333. The van der Waals surface area contributed by atoms with Crippen LogP contribution < -0.4 is 0 Å². The maximum absolute atomic E-state index is 4.65. The van der Waals surface area contributed by atoms with Crippen molar-refractivity contribution in [2.45, 2.75) is 31.6 Å². The van der Waals surface area contributed by atoms with Gasteiger partial charge in [0.15, 0.2) is 5.16 Å². The average molecular weight is 324 g/mol. The summed E-state index contributed by atoms with van der Waals surface area (Å²) in [6.07, 6.45) is 5.03. The lowest BCUT2D eigenvalue weighted by Crippen LogP contribution is -2.31. The van der Waals surface area contributed by atoms with Crippen molar-refractivity contribution >= 4 is 22.7 Å². The lowest BCUT2D eigenvalue weighted by Gasteiger charge is -2.28. The first-order valence-electron chi connectivity index (χ1n) is 7.92. The number of aryl methyl sites for hydroxylation is 1. The number of aromatic nitrogens is 3. The first-order valence-corrected chi connectivity index (χ1v) is 9.14. The summed E-state index contributed by atoms with van der Waals surface area (Å²) in [5.41, 5.74) is 6.39. The molecule has 3 heterocycles. The quantitative estimate of drug-likeness (QED) is 0.591. The second kappa shape index (κ2) is 5.98. The Labute approximate surface area is 140 Å². The smallest absolute Gasteiger partial charge is 0.187 e. The predicted molar refractivity (Wildman–Crippen MR) is 94.7 cm³/mol. The van der Waals surface area contributed by atoms with E-state index in [2.05, 4.69) is 51.0 Å². The van der Waals surface area contributed by atoms with Gasteiger partial charge in [-0.2, -0.15) is 0 Å². The average Bonchev–Trinajstić information content (AvgIpc) is 2.90. The summed E-state index contributed by atoms with van der Waals surface area (Å²) in [5.74, 6) is 0. The maximum Gasteiger partial charge on any atom is 0.187 e. The first-order chi connectivity index (χ1) is 11.2. The first kappa shape index (κ1) is 14.7. The fourth-order valence-electron chi connectivity index (χ4n) is 3.35. The highest BCUT2D eigenvalue weighted by Gasteiger charge is 2.20. The van der Waals surface area contributed by atoms with Crippen molar-refractivity contribution in [1.82, 2.24) is 19.9 Å². The van der Waals surface area contributed by atoms with Crippen LogP contribution >= 0.6 is 11.8 Å². The largest absolute Gasteiger partial charge is 0.358 e. The molecule has 0 saturated heterocycles. The monoisotopic (exact) mass is 324 g/mol. The van der Waals surface area contributed by atoms with Crippen LogP contribution in [0.5, 0.6) is 0 Å². The Morgan fingerprint density at radius 3 is 3.04 bits per heavy atom. The Kier molecular flexibility index (Phi) is 3.83. The van der Waals surface area contributed by atoms with Gasteiger partial charge in [0.25, 0.3) is 0 Å². The molecule has 0 aliphatic carbocycles. The van der Waals surface area contributed by atoms with Crippen LogP contribution in [0.2, 0.25) is 0 Å². The lowest BCUT2D eigenvalue weighted by molar-refractivity contribution is 0.242. The standard InChI is InChI=1S/C18H20N4S/c1-12-15(14-5-3-4-6-17(14)20-12)11-22-8-7-16-13(10-22)9-19-18(21-16)23-2/h3-6,9,20H,7-8,10-11H2,1-2H3. The van der Waals surface area contributed by atoms with Crippen LogP contribution in [-0.2, 0) is 19.5 Å². The molecule has 1 aliphatic rings. The molecule has 0 amide bonds. The number of H-pyrrole nitrogens is 1. The van der Waals surface area contributed by atoms with Crippen molar-refractivity contribution in [2.75, 3.05) is 12.8 Å². The van der Waals surface area contributed by atoms with E-state index in [-0.39, 0.29) is 0 Å². The molecule has 0 saturated carbocycles. The molecular weight excluding hydrogens is 304 g/mol. The Morgan fingerprint density at radius 2 is 2.17 bits per heavy atom. The van der Waals surface area contributed by atoms with Gasteiger partial charge < -0.3 is 4.98 Å². The molecule has 0 bridgehead atoms. The molecule has 118 valence electrons. The van der Waals surface area contributed by atoms with Gasteiger partial charge in [-0.05, 0) is 24.8 Å². The van der Waals surface area contributed by atoms with E-state index in [9.17, 15) is 0 Å². The van der Waals surface area contributed by atoms with Crippen LogP contribution in [0, 0.1) is 6.92 Å². The topological polar surface area (TPSA) is 44.8 Å². The van der Waals surface area contributed by atoms with Gasteiger partial charge in [0.1, 0.15) is 0 Å². The fourth-order valence-corrected chi connectivity index (χ4v) is 3.71. The molecule has 1 N–H and O–H groups in total. The van der Waals surface area contributed by atoms with Gasteiger partial charge >= 0.3 is 0 Å². The number of thioether (sulfide) groups is 1. The van der Waals surface area contributed by atoms with Crippen LogP contribution in [-0.4, -0.2) is 32.7 Å². The van der Waals surface area contributed by atoms with Crippen LogP contribution in [0.3, 0.4) is 0 Å². The molecule has 1 aromatic carbocycles. The SMILES string of the molecule is CSc1ncc2c(n1)CCN(Cc1c(C)[nH]c3ccccc13)C2. The highest BCUT2D eigenvalue weighted by Crippen LogP contribution is 2.26. The van der Waals surface area contributed by atoms with E-state index < -0.39 is 0 Å². The van der Waals surface area contributed by atoms with Gasteiger partial charge in [-0.15, -0.1) is 0 Å². The molecule has 0 fully saturated rings. The molecule has 0 atom stereocenters. The van der Waals surface area contributed by atoms with Crippen LogP contribution in [0.4, 0.5) is 0 Å². The number of nitrogens with one attached hydrogen (secondary N) is 1. The summed E-state index contributed by atoms with van der Waals surface area (Å²) in [7, 11) is 0. The minimum atomic E-state index is 0.879. The number of para-hydroxylation sites is 1. The summed E-state index contributed by atoms with van der Waals surface area (Å²) in [6.45, 7) is 5.13. The van der Waals surface area contributed by atoms with E-state index in [4.69, 9.17) is 0 Å². The zero-order valence-electron chi connectivity index (χ0n) is 13.5. The van der Waals surface area contributed by atoms with Crippen molar-refractivity contribution in [1.29, 1.82) is 0 Å². The van der Waals surface area contributed by atoms with Crippen LogP contribution in [0.1, 0.15) is 22.5 Å². The second-order valence-corrected chi connectivity index (χ2v) is 6.84. The molecule has 4 rings (SSSR count). The number of aromatic amines is 1. The molecular formula is C18H20N4S. The van der Waals surface area contributed by atoms with Crippen molar-refractivity contribution in [3.63, 3.8) is 0 Å². The molecule has 4 nitrogen and oxygen atoms in total. The number of benzene rings is 1. The van der Waals surface area contributed by atoms with Gasteiger partial charge in [-0.1, -0.05) is 30.0 Å². The number of hydrogen-bond donors (Lipinski definition) is 1. The lowest BCUT2D eigenvalue weighted by atomic mass is 10.1. The van der Waals surface area contributed by atoms with E-state index in [1.807, 2.05) is 12.5 Å². The maximum atomic E-state index is 4.65. The summed E-state index contributed by atoms with van der Waals surface area (Å²) in [6, 6.07) is 8.55. The Bertz CT molecular complexity index is 855. The third-order valence-electron chi connectivity index (χ3n) is 4.58. The molecule has 3 aromatic rings. The third-order valence-corrected chi connectivity index (χ3v) is 5.14. The van der Waals surface area contributed by atoms with Crippen molar-refractivity contribution in [3.05, 3.63) is 53.0 Å². The predicted octanol–water partition coefficient (Wildman–Crippen LogP) is 3.55. The number of rotatable bonds is 3.